The summed E-state index contributed by atoms with van der Waals surface area (Å²) in [4.78, 5) is 0. The Morgan fingerprint density at radius 2 is 0.932 bits per heavy atom. The summed E-state index contributed by atoms with van der Waals surface area (Å²) < 4.78 is 4.86. The summed E-state index contributed by atoms with van der Waals surface area (Å²) in [7, 11) is 0.658. The van der Waals surface area contributed by atoms with E-state index in [1.54, 1.807) is 0 Å². The number of allylic oxidation sites excluding steroid dienone is 2. The zero-order chi connectivity index (χ0) is 30.9. The molecule has 0 aliphatic carbocycles. The minimum Gasteiger partial charge on any atom is -0.418 e. The third kappa shape index (κ3) is 12.0. The van der Waals surface area contributed by atoms with Gasteiger partial charge in [0.15, 0.2) is 0 Å². The summed E-state index contributed by atoms with van der Waals surface area (Å²) >= 11 is 0. The second-order valence-corrected chi connectivity index (χ2v) is 11.0. The van der Waals surface area contributed by atoms with Gasteiger partial charge >= 0.3 is 26.2 Å². The summed E-state index contributed by atoms with van der Waals surface area (Å²) in [6.07, 6.45) is 8.31. The van der Waals surface area contributed by atoms with Crippen molar-refractivity contribution in [3.05, 3.63) is 167 Å². The fourth-order valence-electron chi connectivity index (χ4n) is 4.64. The van der Waals surface area contributed by atoms with Crippen LogP contribution in [0.3, 0.4) is 0 Å². The molecular weight excluding hydrogens is 628 g/mol. The molecule has 0 amide bonds. The minimum atomic E-state index is 0. The standard InChI is InChI=1S/C16H14.2C11H11.C3H8OSi.Zr/c1-3-9-15(10-4-1)13-7-8-14-16-11-5-2-6-12-16;2*1-8-7-10-5-3-4-6-11(10)9(8)2;1-3-4-5-2;/h1-14H;2*3-7H,1-2H3;3H2,1-2H3;/q;2*-1;;+2. The van der Waals surface area contributed by atoms with E-state index in [9.17, 15) is 0 Å². The molecular formula is C41H44OSiZr. The van der Waals surface area contributed by atoms with Crippen LogP contribution < -0.4 is 0 Å². The molecule has 0 aliphatic heterocycles. The van der Waals surface area contributed by atoms with Gasteiger partial charge in [0, 0.05) is 6.61 Å². The van der Waals surface area contributed by atoms with Crippen LogP contribution in [0.1, 0.15) is 40.3 Å². The molecule has 0 atom stereocenters. The fraction of sp³-hybridized carbons (Fsp3) is 0.171. The van der Waals surface area contributed by atoms with Crippen LogP contribution in [0.5, 0.6) is 0 Å². The topological polar surface area (TPSA) is 9.23 Å². The van der Waals surface area contributed by atoms with Crippen molar-refractivity contribution >= 4 is 43.5 Å². The van der Waals surface area contributed by atoms with Crippen molar-refractivity contribution in [1.29, 1.82) is 0 Å². The average Bonchev–Trinajstić information content (AvgIpc) is 3.51. The molecule has 0 fully saturated rings. The summed E-state index contributed by atoms with van der Waals surface area (Å²) in [5.74, 6) is 0. The summed E-state index contributed by atoms with van der Waals surface area (Å²) in [6.45, 7) is 13.6. The van der Waals surface area contributed by atoms with Crippen molar-refractivity contribution in [3.63, 3.8) is 0 Å². The molecule has 0 aliphatic rings. The molecule has 6 aromatic rings. The van der Waals surface area contributed by atoms with Gasteiger partial charge in [-0.25, -0.2) is 0 Å². The van der Waals surface area contributed by atoms with Gasteiger partial charge in [-0.05, 0) is 24.6 Å². The van der Waals surface area contributed by atoms with Crippen LogP contribution in [0.2, 0.25) is 6.55 Å². The molecule has 44 heavy (non-hydrogen) atoms. The fourth-order valence-corrected chi connectivity index (χ4v) is 4.93. The first kappa shape index (κ1) is 36.8. The molecule has 6 aromatic carbocycles. The van der Waals surface area contributed by atoms with Crippen LogP contribution in [-0.4, -0.2) is 16.4 Å². The molecule has 0 bridgehead atoms. The Kier molecular flexibility index (Phi) is 17.2. The van der Waals surface area contributed by atoms with Crippen LogP contribution in [0.15, 0.2) is 133 Å². The van der Waals surface area contributed by atoms with Gasteiger partial charge in [-0.15, -0.1) is 81.2 Å². The quantitative estimate of drug-likeness (QED) is 0.101. The first-order valence-corrected chi connectivity index (χ1v) is 16.3. The van der Waals surface area contributed by atoms with Gasteiger partial charge in [0.05, 0.1) is 0 Å². The third-order valence-electron chi connectivity index (χ3n) is 7.23. The molecule has 0 N–H and O–H groups in total. The Balaban J connectivity index is 0.000000216. The molecule has 0 unspecified atom stereocenters. The van der Waals surface area contributed by atoms with E-state index >= 15 is 0 Å². The zero-order valence-electron chi connectivity index (χ0n) is 27.0. The third-order valence-corrected chi connectivity index (χ3v) is 7.81. The molecule has 222 valence electrons. The van der Waals surface area contributed by atoms with Gasteiger partial charge in [-0.3, -0.25) is 0 Å². The maximum Gasteiger partial charge on any atom is 2.00 e. The van der Waals surface area contributed by atoms with Gasteiger partial charge in [-0.2, -0.15) is 11.1 Å². The number of aryl methyl sites for hydroxylation is 4. The first-order valence-electron chi connectivity index (χ1n) is 14.9. The smallest absolute Gasteiger partial charge is 0.418 e. The SMILES string of the molecule is C(C=Cc1ccccc1)=Cc1ccccc1.CCO[Si]C.Cc1[cH-]c2ccccc2c1C.Cc1[cH-]c2ccccc2c1C.[Zr+2]. The monoisotopic (exact) mass is 670 g/mol. The van der Waals surface area contributed by atoms with E-state index in [4.69, 9.17) is 4.43 Å². The maximum absolute atomic E-state index is 4.86. The maximum atomic E-state index is 4.86. The second kappa shape index (κ2) is 20.6. The molecule has 0 saturated carbocycles. The van der Waals surface area contributed by atoms with E-state index < -0.39 is 0 Å². The molecule has 0 spiro atoms. The van der Waals surface area contributed by atoms with E-state index in [0.29, 0.717) is 9.76 Å². The van der Waals surface area contributed by atoms with Crippen molar-refractivity contribution in [1.82, 2.24) is 0 Å². The summed E-state index contributed by atoms with van der Waals surface area (Å²) in [5, 5.41) is 5.51. The number of hydrogen-bond donors (Lipinski definition) is 0. The van der Waals surface area contributed by atoms with Crippen LogP contribution in [0.4, 0.5) is 0 Å². The van der Waals surface area contributed by atoms with Crippen LogP contribution in [-0.2, 0) is 30.6 Å². The molecule has 0 saturated heterocycles. The van der Waals surface area contributed by atoms with E-state index in [0.717, 1.165) is 6.61 Å². The van der Waals surface area contributed by atoms with Gasteiger partial charge in [0.25, 0.3) is 0 Å². The van der Waals surface area contributed by atoms with Gasteiger partial charge < -0.3 is 4.43 Å². The number of fused-ring (bicyclic) bond motifs is 2. The Hall–Kier alpha value is -3.36. The van der Waals surface area contributed by atoms with Gasteiger partial charge in [0.2, 0.25) is 9.76 Å². The van der Waals surface area contributed by atoms with Crippen LogP contribution >= 0.6 is 0 Å². The Morgan fingerprint density at radius 1 is 0.568 bits per heavy atom. The summed E-state index contributed by atoms with van der Waals surface area (Å²) in [6, 6.07) is 42.1. The Bertz CT molecular complexity index is 1560. The predicted octanol–water partition coefficient (Wildman–Crippen LogP) is 11.5. The molecule has 0 heterocycles. The number of rotatable bonds is 5. The zero-order valence-corrected chi connectivity index (χ0v) is 30.4. The summed E-state index contributed by atoms with van der Waals surface area (Å²) in [5.41, 5.74) is 8.07. The second-order valence-electron chi connectivity index (χ2n) is 10.3. The van der Waals surface area contributed by atoms with E-state index in [1.165, 1.54) is 54.9 Å². The average molecular weight is 672 g/mol. The molecule has 1 nitrogen and oxygen atoms in total. The van der Waals surface area contributed by atoms with Crippen LogP contribution in [0.25, 0.3) is 33.7 Å². The van der Waals surface area contributed by atoms with E-state index in [2.05, 4.69) is 137 Å². The molecule has 6 rings (SSSR count). The minimum absolute atomic E-state index is 0. The normalized spacial score (nSPS) is 10.4. The van der Waals surface area contributed by atoms with E-state index in [-0.39, 0.29) is 26.2 Å². The largest absolute Gasteiger partial charge is 2.00 e. The molecule has 0 aromatic heterocycles. The van der Waals surface area contributed by atoms with Gasteiger partial charge in [0.1, 0.15) is 0 Å². The van der Waals surface area contributed by atoms with E-state index in [1.807, 2.05) is 49.9 Å². The Labute approximate surface area is 287 Å². The van der Waals surface area contributed by atoms with Crippen molar-refractivity contribution in [2.24, 2.45) is 0 Å². The number of hydrogen-bond acceptors (Lipinski definition) is 1. The van der Waals surface area contributed by atoms with Crippen molar-refractivity contribution in [2.75, 3.05) is 6.61 Å². The Morgan fingerprint density at radius 3 is 1.25 bits per heavy atom. The first-order chi connectivity index (χ1) is 20.9. The predicted molar refractivity (Wildman–Crippen MR) is 192 cm³/mol. The molecule has 2 radical (unpaired) electrons. The van der Waals surface area contributed by atoms with Crippen molar-refractivity contribution in [3.8, 4) is 0 Å². The number of benzene rings is 4. The van der Waals surface area contributed by atoms with Crippen LogP contribution in [0, 0.1) is 27.7 Å². The van der Waals surface area contributed by atoms with Gasteiger partial charge in [-0.1, -0.05) is 125 Å². The molecule has 3 heteroatoms. The van der Waals surface area contributed by atoms with Crippen molar-refractivity contribution < 1.29 is 30.6 Å². The van der Waals surface area contributed by atoms with Crippen molar-refractivity contribution in [2.45, 2.75) is 41.2 Å².